The Labute approximate surface area is 185 Å². The Kier molecular flexibility index (Phi) is 6.67. The average molecular weight is 426 g/mol. The molecule has 0 bridgehead atoms. The molecule has 0 aliphatic rings. The lowest BCUT2D eigenvalue weighted by Gasteiger charge is -2.15. The number of rotatable bonds is 9. The number of ether oxygens (including phenoxy) is 1. The number of nitrogens with zero attached hydrogens (tertiary/aromatic N) is 3. The van der Waals surface area contributed by atoms with Gasteiger partial charge in [0.2, 0.25) is 0 Å². The number of carbonyl (C=O) groups is 1. The van der Waals surface area contributed by atoms with Crippen molar-refractivity contribution in [3.05, 3.63) is 103 Å². The van der Waals surface area contributed by atoms with Gasteiger partial charge in [0.05, 0.1) is 5.69 Å². The molecule has 2 N–H and O–H groups in total. The maximum atomic E-state index is 11.7. The smallest absolute Gasteiger partial charge is 0.326 e. The van der Waals surface area contributed by atoms with E-state index in [1.165, 1.54) is 6.33 Å². The molecule has 4 aromatic rings. The molecule has 0 spiro atoms. The number of hydrogen-bond acceptors (Lipinski definition) is 6. The van der Waals surface area contributed by atoms with Crippen molar-refractivity contribution in [2.75, 3.05) is 5.32 Å². The van der Waals surface area contributed by atoms with Crippen molar-refractivity contribution in [1.82, 2.24) is 15.0 Å². The largest absolute Gasteiger partial charge is 0.489 e. The molecular weight excluding hydrogens is 404 g/mol. The molecule has 0 aliphatic heterocycles. The first-order valence-corrected chi connectivity index (χ1v) is 10.1. The summed E-state index contributed by atoms with van der Waals surface area (Å²) >= 11 is 0. The Bertz CT molecular complexity index is 1150. The lowest BCUT2D eigenvalue weighted by Crippen LogP contribution is -2.31. The standard InChI is InChI=1S/C25H22N4O3/c30-25(31)23(13-18-5-2-1-3-6-18)29-24-14-22(27-17-28-24)20-8-10-21(11-9-20)32-16-19-7-4-12-26-15-19/h1-12,14-15,17,23H,13,16H2,(H,30,31)(H,27,28,29)/t23-/m0/s1. The van der Waals surface area contributed by atoms with Crippen LogP contribution < -0.4 is 10.1 Å². The van der Waals surface area contributed by atoms with Crippen LogP contribution in [0.5, 0.6) is 5.75 Å². The number of anilines is 1. The molecule has 2 heterocycles. The molecule has 32 heavy (non-hydrogen) atoms. The zero-order valence-corrected chi connectivity index (χ0v) is 17.3. The number of aliphatic carboxylic acids is 1. The first-order chi connectivity index (χ1) is 15.7. The average Bonchev–Trinajstić information content (AvgIpc) is 2.84. The fourth-order valence-corrected chi connectivity index (χ4v) is 3.19. The lowest BCUT2D eigenvalue weighted by atomic mass is 10.1. The van der Waals surface area contributed by atoms with Crippen LogP contribution in [-0.4, -0.2) is 32.1 Å². The summed E-state index contributed by atoms with van der Waals surface area (Å²) in [6.07, 6.45) is 5.26. The van der Waals surface area contributed by atoms with Crippen LogP contribution in [0.1, 0.15) is 11.1 Å². The van der Waals surface area contributed by atoms with E-state index >= 15 is 0 Å². The molecule has 4 rings (SSSR count). The molecule has 2 aromatic carbocycles. The van der Waals surface area contributed by atoms with Gasteiger partial charge in [0.1, 0.15) is 30.5 Å². The summed E-state index contributed by atoms with van der Waals surface area (Å²) in [7, 11) is 0. The van der Waals surface area contributed by atoms with Gasteiger partial charge >= 0.3 is 5.97 Å². The van der Waals surface area contributed by atoms with Crippen LogP contribution in [0.2, 0.25) is 0 Å². The number of carboxylic acids is 1. The molecule has 160 valence electrons. The predicted octanol–water partition coefficient (Wildman–Crippen LogP) is 4.23. The highest BCUT2D eigenvalue weighted by Gasteiger charge is 2.18. The van der Waals surface area contributed by atoms with Crippen LogP contribution in [0, 0.1) is 0 Å². The van der Waals surface area contributed by atoms with E-state index in [0.717, 1.165) is 22.4 Å². The lowest BCUT2D eigenvalue weighted by molar-refractivity contribution is -0.137. The van der Waals surface area contributed by atoms with Gasteiger partial charge in [-0.05, 0) is 35.9 Å². The third-order valence-electron chi connectivity index (χ3n) is 4.85. The van der Waals surface area contributed by atoms with E-state index in [4.69, 9.17) is 4.74 Å². The maximum Gasteiger partial charge on any atom is 0.326 e. The Morgan fingerprint density at radius 2 is 1.75 bits per heavy atom. The van der Waals surface area contributed by atoms with E-state index in [-0.39, 0.29) is 0 Å². The van der Waals surface area contributed by atoms with E-state index in [0.29, 0.717) is 24.5 Å². The molecule has 1 atom stereocenters. The van der Waals surface area contributed by atoms with Crippen molar-refractivity contribution < 1.29 is 14.6 Å². The number of nitrogens with one attached hydrogen (secondary N) is 1. The number of benzene rings is 2. The SMILES string of the molecule is O=C(O)[C@H](Cc1ccccc1)Nc1cc(-c2ccc(OCc3cccnc3)cc2)ncn1. The molecule has 0 aliphatic carbocycles. The minimum Gasteiger partial charge on any atom is -0.489 e. The van der Waals surface area contributed by atoms with Crippen molar-refractivity contribution in [1.29, 1.82) is 0 Å². The molecule has 0 amide bonds. The third-order valence-corrected chi connectivity index (χ3v) is 4.85. The van der Waals surface area contributed by atoms with Crippen molar-refractivity contribution in [2.45, 2.75) is 19.1 Å². The van der Waals surface area contributed by atoms with Crippen LogP contribution >= 0.6 is 0 Å². The fraction of sp³-hybridized carbons (Fsp3) is 0.120. The van der Waals surface area contributed by atoms with E-state index in [1.54, 1.807) is 18.5 Å². The summed E-state index contributed by atoms with van der Waals surface area (Å²) in [5.41, 5.74) is 3.49. The monoisotopic (exact) mass is 426 g/mol. The summed E-state index contributed by atoms with van der Waals surface area (Å²) in [4.78, 5) is 24.3. The van der Waals surface area contributed by atoms with E-state index in [2.05, 4.69) is 20.3 Å². The van der Waals surface area contributed by atoms with Crippen LogP contribution in [0.3, 0.4) is 0 Å². The molecule has 0 fully saturated rings. The summed E-state index contributed by atoms with van der Waals surface area (Å²) in [5.74, 6) is 0.248. The number of pyridine rings is 1. The van der Waals surface area contributed by atoms with E-state index < -0.39 is 12.0 Å². The van der Waals surface area contributed by atoms with Gasteiger partial charge in [-0.2, -0.15) is 0 Å². The maximum absolute atomic E-state index is 11.7. The molecule has 0 radical (unpaired) electrons. The van der Waals surface area contributed by atoms with E-state index in [9.17, 15) is 9.90 Å². The molecule has 2 aromatic heterocycles. The van der Waals surface area contributed by atoms with Crippen molar-refractivity contribution in [3.63, 3.8) is 0 Å². The highest BCUT2D eigenvalue weighted by atomic mass is 16.5. The summed E-state index contributed by atoms with van der Waals surface area (Å²) in [6.45, 7) is 0.437. The van der Waals surface area contributed by atoms with Gasteiger partial charge in [-0.1, -0.05) is 36.4 Å². The first-order valence-electron chi connectivity index (χ1n) is 10.1. The van der Waals surface area contributed by atoms with Crippen molar-refractivity contribution in [2.24, 2.45) is 0 Å². The van der Waals surface area contributed by atoms with Gasteiger partial charge in [0, 0.05) is 36.0 Å². The highest BCUT2D eigenvalue weighted by Crippen LogP contribution is 2.23. The Balaban J connectivity index is 1.43. The number of aromatic nitrogens is 3. The molecule has 0 saturated carbocycles. The summed E-state index contributed by atoms with van der Waals surface area (Å²) in [6, 6.07) is 21.8. The number of hydrogen-bond donors (Lipinski definition) is 2. The second-order valence-electron chi connectivity index (χ2n) is 7.19. The molecule has 0 saturated heterocycles. The molecule has 0 unspecified atom stereocenters. The zero-order chi connectivity index (χ0) is 22.2. The molecule has 7 heteroatoms. The molecule has 7 nitrogen and oxygen atoms in total. The van der Waals surface area contributed by atoms with Crippen LogP contribution in [0.25, 0.3) is 11.3 Å². The first kappa shape index (κ1) is 21.0. The topological polar surface area (TPSA) is 97.2 Å². The normalized spacial score (nSPS) is 11.5. The fourth-order valence-electron chi connectivity index (χ4n) is 3.19. The Morgan fingerprint density at radius 3 is 2.47 bits per heavy atom. The predicted molar refractivity (Wildman–Crippen MR) is 121 cm³/mol. The summed E-state index contributed by atoms with van der Waals surface area (Å²) < 4.78 is 5.79. The van der Waals surface area contributed by atoms with Gasteiger partial charge in [-0.15, -0.1) is 0 Å². The van der Waals surface area contributed by atoms with Gasteiger partial charge in [0.25, 0.3) is 0 Å². The Morgan fingerprint density at radius 1 is 0.969 bits per heavy atom. The minimum absolute atomic E-state index is 0.346. The minimum atomic E-state index is -0.941. The van der Waals surface area contributed by atoms with Crippen molar-refractivity contribution >= 4 is 11.8 Å². The quantitative estimate of drug-likeness (QED) is 0.413. The van der Waals surface area contributed by atoms with Gasteiger partial charge < -0.3 is 15.2 Å². The van der Waals surface area contributed by atoms with Crippen LogP contribution in [0.15, 0.2) is 91.5 Å². The number of carboxylic acid groups (broad SMARTS) is 1. The second-order valence-corrected chi connectivity index (χ2v) is 7.19. The van der Waals surface area contributed by atoms with Crippen molar-refractivity contribution in [3.8, 4) is 17.0 Å². The zero-order valence-electron chi connectivity index (χ0n) is 17.3. The van der Waals surface area contributed by atoms with Gasteiger partial charge in [-0.25, -0.2) is 14.8 Å². The van der Waals surface area contributed by atoms with Crippen LogP contribution in [0.4, 0.5) is 5.82 Å². The van der Waals surface area contributed by atoms with Crippen LogP contribution in [-0.2, 0) is 17.8 Å². The summed E-state index contributed by atoms with van der Waals surface area (Å²) in [5, 5.41) is 12.6. The van der Waals surface area contributed by atoms with Gasteiger partial charge in [0.15, 0.2) is 0 Å². The molecular formula is C25H22N4O3. The third kappa shape index (κ3) is 5.66. The second kappa shape index (κ2) is 10.2. The van der Waals surface area contributed by atoms with Gasteiger partial charge in [-0.3, -0.25) is 4.98 Å². The highest BCUT2D eigenvalue weighted by molar-refractivity contribution is 5.77. The van der Waals surface area contributed by atoms with E-state index in [1.807, 2.05) is 66.7 Å². The Hall–Kier alpha value is -4.26.